The number of nitrogens with zero attached hydrogens (tertiary/aromatic N) is 2. The van der Waals surface area contributed by atoms with Gasteiger partial charge in [-0.2, -0.15) is 5.10 Å². The molecular formula is C12H21N3O. The number of aryl methyl sites for hydroxylation is 1. The topological polar surface area (TPSA) is 39.1 Å². The third-order valence-corrected chi connectivity index (χ3v) is 2.95. The van der Waals surface area contributed by atoms with Crippen molar-refractivity contribution < 1.29 is 4.74 Å². The first-order chi connectivity index (χ1) is 7.30. The van der Waals surface area contributed by atoms with Gasteiger partial charge in [-0.15, -0.1) is 0 Å². The molecule has 1 aromatic rings. The zero-order valence-corrected chi connectivity index (χ0v) is 10.8. The van der Waals surface area contributed by atoms with E-state index in [1.165, 1.54) is 0 Å². The Labute approximate surface area is 97.0 Å². The molecule has 0 unspecified atom stereocenters. The van der Waals surface area contributed by atoms with Crippen LogP contribution in [0.4, 0.5) is 0 Å². The highest BCUT2D eigenvalue weighted by atomic mass is 16.5. The molecule has 16 heavy (non-hydrogen) atoms. The first kappa shape index (κ1) is 11.5. The van der Waals surface area contributed by atoms with E-state index in [9.17, 15) is 0 Å². The molecule has 2 rings (SSSR count). The maximum atomic E-state index is 5.98. The minimum absolute atomic E-state index is 0.0665. The van der Waals surface area contributed by atoms with E-state index < -0.39 is 0 Å². The zero-order chi connectivity index (χ0) is 12.0. The first-order valence-corrected chi connectivity index (χ1v) is 5.74. The fourth-order valence-corrected chi connectivity index (χ4v) is 1.71. The van der Waals surface area contributed by atoms with E-state index in [-0.39, 0.29) is 11.0 Å². The van der Waals surface area contributed by atoms with Gasteiger partial charge < -0.3 is 10.1 Å². The van der Waals surface area contributed by atoms with Gasteiger partial charge in [0.2, 0.25) is 5.88 Å². The lowest BCUT2D eigenvalue weighted by atomic mass is 9.92. The maximum absolute atomic E-state index is 5.98. The average molecular weight is 223 g/mol. The number of nitrogens with one attached hydrogen (secondary N) is 1. The largest absolute Gasteiger partial charge is 0.469 e. The van der Waals surface area contributed by atoms with Crippen LogP contribution in [0.3, 0.4) is 0 Å². The van der Waals surface area contributed by atoms with Gasteiger partial charge in [-0.05, 0) is 6.92 Å². The van der Waals surface area contributed by atoms with Crippen LogP contribution in [0.5, 0.6) is 5.88 Å². The second kappa shape index (κ2) is 3.48. The Bertz CT molecular complexity index is 385. The molecule has 4 nitrogen and oxygen atoms in total. The lowest BCUT2D eigenvalue weighted by molar-refractivity contribution is 0.0266. The first-order valence-electron chi connectivity index (χ1n) is 5.74. The third kappa shape index (κ3) is 2.07. The van der Waals surface area contributed by atoms with E-state index in [1.54, 1.807) is 0 Å². The molecule has 4 heteroatoms. The van der Waals surface area contributed by atoms with Gasteiger partial charge in [-0.3, -0.25) is 0 Å². The average Bonchev–Trinajstić information content (AvgIpc) is 2.44. The van der Waals surface area contributed by atoms with Crippen molar-refractivity contribution in [3.8, 4) is 5.88 Å². The van der Waals surface area contributed by atoms with Crippen molar-refractivity contribution >= 4 is 0 Å². The number of ether oxygens (including phenoxy) is 1. The van der Waals surface area contributed by atoms with Gasteiger partial charge in [0.05, 0.1) is 5.69 Å². The van der Waals surface area contributed by atoms with Gasteiger partial charge in [0, 0.05) is 31.6 Å². The third-order valence-electron chi connectivity index (χ3n) is 2.95. The summed E-state index contributed by atoms with van der Waals surface area (Å²) in [4.78, 5) is 0. The molecule has 0 aromatic carbocycles. The highest BCUT2D eigenvalue weighted by molar-refractivity contribution is 5.22. The van der Waals surface area contributed by atoms with Crippen LogP contribution in [0.15, 0.2) is 6.07 Å². The Hall–Kier alpha value is -1.03. The van der Waals surface area contributed by atoms with Gasteiger partial charge in [0.25, 0.3) is 0 Å². The summed E-state index contributed by atoms with van der Waals surface area (Å²) in [5, 5.41) is 7.72. The highest BCUT2D eigenvalue weighted by Gasteiger charge is 2.35. The lowest BCUT2D eigenvalue weighted by Crippen LogP contribution is -2.61. The normalized spacial score (nSPS) is 19.3. The monoisotopic (exact) mass is 223 g/mol. The smallest absolute Gasteiger partial charge is 0.212 e. The molecule has 2 heterocycles. The highest BCUT2D eigenvalue weighted by Crippen LogP contribution is 2.27. The van der Waals surface area contributed by atoms with Crippen molar-refractivity contribution in [3.05, 3.63) is 11.8 Å². The van der Waals surface area contributed by atoms with E-state index in [2.05, 4.69) is 38.1 Å². The van der Waals surface area contributed by atoms with Crippen LogP contribution in [-0.2, 0) is 12.5 Å². The summed E-state index contributed by atoms with van der Waals surface area (Å²) in [6.45, 7) is 10.4. The zero-order valence-electron chi connectivity index (χ0n) is 10.8. The van der Waals surface area contributed by atoms with E-state index >= 15 is 0 Å². The van der Waals surface area contributed by atoms with E-state index in [0.29, 0.717) is 0 Å². The molecular weight excluding hydrogens is 202 g/mol. The number of aromatic nitrogens is 2. The summed E-state index contributed by atoms with van der Waals surface area (Å²) in [6, 6.07) is 2.05. The van der Waals surface area contributed by atoms with Gasteiger partial charge in [0.1, 0.15) is 5.60 Å². The molecule has 0 radical (unpaired) electrons. The summed E-state index contributed by atoms with van der Waals surface area (Å²) in [6.07, 6.45) is 0. The van der Waals surface area contributed by atoms with E-state index in [0.717, 1.165) is 24.7 Å². The summed E-state index contributed by atoms with van der Waals surface area (Å²) in [5.74, 6) is 0.855. The van der Waals surface area contributed by atoms with Crippen LogP contribution in [0.1, 0.15) is 33.4 Å². The van der Waals surface area contributed by atoms with Gasteiger partial charge in [0.15, 0.2) is 0 Å². The SMILES string of the molecule is Cn1nc(C(C)(C)C)cc1OC1(C)CNC1. The number of hydrogen-bond acceptors (Lipinski definition) is 3. The van der Waals surface area contributed by atoms with E-state index in [1.807, 2.05) is 17.8 Å². The Morgan fingerprint density at radius 3 is 2.44 bits per heavy atom. The standard InChI is InChI=1S/C12H21N3O/c1-11(2,3)9-6-10(15(5)14-9)16-12(4)7-13-8-12/h6,13H,7-8H2,1-5H3. The molecule has 90 valence electrons. The quantitative estimate of drug-likeness (QED) is 0.825. The van der Waals surface area contributed by atoms with Gasteiger partial charge in [-0.1, -0.05) is 20.8 Å². The second-order valence-electron chi connectivity index (χ2n) is 5.90. The van der Waals surface area contributed by atoms with E-state index in [4.69, 9.17) is 4.74 Å². The van der Waals surface area contributed by atoms with Crippen LogP contribution < -0.4 is 10.1 Å². The Kier molecular flexibility index (Phi) is 2.49. The molecule has 1 fully saturated rings. The fourth-order valence-electron chi connectivity index (χ4n) is 1.71. The van der Waals surface area contributed by atoms with Crippen molar-refractivity contribution in [2.45, 2.75) is 38.7 Å². The predicted molar refractivity (Wildman–Crippen MR) is 63.8 cm³/mol. The number of hydrogen-bond donors (Lipinski definition) is 1. The molecule has 0 saturated carbocycles. The molecule has 1 aromatic heterocycles. The molecule has 1 aliphatic heterocycles. The van der Waals surface area contributed by atoms with Crippen LogP contribution >= 0.6 is 0 Å². The molecule has 0 bridgehead atoms. The number of rotatable bonds is 2. The van der Waals surface area contributed by atoms with Crippen LogP contribution in [0.25, 0.3) is 0 Å². The van der Waals surface area contributed by atoms with Crippen molar-refractivity contribution in [1.29, 1.82) is 0 Å². The van der Waals surface area contributed by atoms with Gasteiger partial charge >= 0.3 is 0 Å². The molecule has 0 atom stereocenters. The summed E-state index contributed by atoms with van der Waals surface area (Å²) in [7, 11) is 1.93. The van der Waals surface area contributed by atoms with Crippen molar-refractivity contribution in [2.75, 3.05) is 13.1 Å². The molecule has 1 saturated heterocycles. The maximum Gasteiger partial charge on any atom is 0.212 e. The molecule has 0 amide bonds. The van der Waals surface area contributed by atoms with Crippen molar-refractivity contribution in [1.82, 2.24) is 15.1 Å². The Morgan fingerprint density at radius 1 is 1.44 bits per heavy atom. The van der Waals surface area contributed by atoms with Crippen molar-refractivity contribution in [2.24, 2.45) is 7.05 Å². The molecule has 1 aliphatic rings. The summed E-state index contributed by atoms with van der Waals surface area (Å²) < 4.78 is 7.81. The Morgan fingerprint density at radius 2 is 2.06 bits per heavy atom. The fraction of sp³-hybridized carbons (Fsp3) is 0.750. The van der Waals surface area contributed by atoms with Crippen LogP contribution in [-0.4, -0.2) is 28.5 Å². The minimum atomic E-state index is -0.0665. The van der Waals surface area contributed by atoms with Crippen LogP contribution in [0.2, 0.25) is 0 Å². The second-order valence-corrected chi connectivity index (χ2v) is 5.90. The summed E-state index contributed by atoms with van der Waals surface area (Å²) >= 11 is 0. The molecule has 1 N–H and O–H groups in total. The molecule has 0 spiro atoms. The lowest BCUT2D eigenvalue weighted by Gasteiger charge is -2.39. The summed E-state index contributed by atoms with van der Waals surface area (Å²) in [5.41, 5.74) is 1.07. The van der Waals surface area contributed by atoms with Crippen molar-refractivity contribution in [3.63, 3.8) is 0 Å². The van der Waals surface area contributed by atoms with Crippen LogP contribution in [0, 0.1) is 0 Å². The molecule has 0 aliphatic carbocycles. The Balaban J connectivity index is 2.19. The minimum Gasteiger partial charge on any atom is -0.469 e. The predicted octanol–water partition coefficient (Wildman–Crippen LogP) is 1.46. The van der Waals surface area contributed by atoms with Gasteiger partial charge in [-0.25, -0.2) is 4.68 Å².